The first kappa shape index (κ1) is 16.7. The zero-order valence-electron chi connectivity index (χ0n) is 13.0. The fourth-order valence-corrected chi connectivity index (χ4v) is 3.46. The summed E-state index contributed by atoms with van der Waals surface area (Å²) in [7, 11) is 0. The van der Waals surface area contributed by atoms with E-state index in [0.29, 0.717) is 18.0 Å². The molecular weight excluding hydrogens is 328 g/mol. The average Bonchev–Trinajstić information content (AvgIpc) is 2.62. The van der Waals surface area contributed by atoms with Crippen LogP contribution in [0.25, 0.3) is 5.57 Å². The van der Waals surface area contributed by atoms with Crippen LogP contribution < -0.4 is 0 Å². The number of carbonyl (C=O) groups excluding carboxylic acids is 1. The van der Waals surface area contributed by atoms with E-state index in [4.69, 9.17) is 0 Å². The van der Waals surface area contributed by atoms with Crippen molar-refractivity contribution in [3.8, 4) is 0 Å². The number of benzene rings is 2. The Kier molecular flexibility index (Phi) is 5.30. The average molecular weight is 345 g/mol. The summed E-state index contributed by atoms with van der Waals surface area (Å²) < 4.78 is 26.5. The van der Waals surface area contributed by atoms with Crippen molar-refractivity contribution in [2.75, 3.05) is 18.8 Å². The van der Waals surface area contributed by atoms with Crippen LogP contribution in [0.4, 0.5) is 8.78 Å². The van der Waals surface area contributed by atoms with Crippen LogP contribution >= 0.6 is 11.8 Å². The first-order valence-electron chi connectivity index (χ1n) is 7.73. The summed E-state index contributed by atoms with van der Waals surface area (Å²) in [6, 6.07) is 12.9. The van der Waals surface area contributed by atoms with Gasteiger partial charge in [0.2, 0.25) is 5.91 Å². The molecular formula is C19H17F2NOS. The van der Waals surface area contributed by atoms with Crippen LogP contribution in [0.1, 0.15) is 12.0 Å². The van der Waals surface area contributed by atoms with E-state index in [1.54, 1.807) is 35.2 Å². The van der Waals surface area contributed by atoms with Gasteiger partial charge in [0.25, 0.3) is 0 Å². The smallest absolute Gasteiger partial charge is 0.233 e. The normalized spacial score (nSPS) is 14.4. The largest absolute Gasteiger partial charge is 0.338 e. The second-order valence-corrected chi connectivity index (χ2v) is 6.56. The zero-order valence-corrected chi connectivity index (χ0v) is 13.9. The number of halogens is 2. The van der Waals surface area contributed by atoms with Gasteiger partial charge in [-0.1, -0.05) is 30.3 Å². The molecule has 1 aliphatic rings. The molecule has 24 heavy (non-hydrogen) atoms. The standard InChI is InChI=1S/C19H17F2NOS/c20-16-7-5-14(6-8-16)15-9-11-22(12-10-15)19(23)13-24-18-4-2-1-3-17(18)21/h1-9H,10-13H2. The van der Waals surface area contributed by atoms with Gasteiger partial charge in [-0.15, -0.1) is 11.8 Å². The van der Waals surface area contributed by atoms with Gasteiger partial charge in [-0.05, 0) is 41.8 Å². The molecule has 0 saturated heterocycles. The zero-order chi connectivity index (χ0) is 16.9. The third-order valence-corrected chi connectivity index (χ3v) is 5.00. The van der Waals surface area contributed by atoms with E-state index in [2.05, 4.69) is 0 Å². The van der Waals surface area contributed by atoms with Gasteiger partial charge in [0.05, 0.1) is 5.75 Å². The van der Waals surface area contributed by atoms with Gasteiger partial charge in [0.1, 0.15) is 11.6 Å². The molecule has 5 heteroatoms. The Hall–Kier alpha value is -2.14. The highest BCUT2D eigenvalue weighted by molar-refractivity contribution is 8.00. The van der Waals surface area contributed by atoms with Gasteiger partial charge in [-0.2, -0.15) is 0 Å². The SMILES string of the molecule is O=C(CSc1ccccc1F)N1CC=C(c2ccc(F)cc2)CC1. The number of rotatable bonds is 4. The van der Waals surface area contributed by atoms with Gasteiger partial charge in [-0.3, -0.25) is 4.79 Å². The minimum Gasteiger partial charge on any atom is -0.338 e. The fourth-order valence-electron chi connectivity index (χ4n) is 2.61. The Bertz CT molecular complexity index is 758. The number of hydrogen-bond acceptors (Lipinski definition) is 2. The lowest BCUT2D eigenvalue weighted by Crippen LogP contribution is -2.35. The van der Waals surface area contributed by atoms with Crippen molar-refractivity contribution in [2.24, 2.45) is 0 Å². The predicted molar refractivity (Wildman–Crippen MR) is 92.7 cm³/mol. The topological polar surface area (TPSA) is 20.3 Å². The lowest BCUT2D eigenvalue weighted by Gasteiger charge is -2.26. The Labute approximate surface area is 144 Å². The molecule has 0 unspecified atom stereocenters. The van der Waals surface area contributed by atoms with Crippen LogP contribution in [0.2, 0.25) is 0 Å². The molecule has 0 atom stereocenters. The molecule has 0 fully saturated rings. The van der Waals surface area contributed by atoms with E-state index in [1.165, 1.54) is 30.0 Å². The molecule has 1 heterocycles. The molecule has 0 bridgehead atoms. The van der Waals surface area contributed by atoms with Crippen LogP contribution in [0.5, 0.6) is 0 Å². The molecule has 0 aliphatic carbocycles. The molecule has 0 N–H and O–H groups in total. The number of amides is 1. The maximum Gasteiger partial charge on any atom is 0.233 e. The van der Waals surface area contributed by atoms with Gasteiger partial charge in [0, 0.05) is 18.0 Å². The van der Waals surface area contributed by atoms with Crippen LogP contribution in [0.3, 0.4) is 0 Å². The van der Waals surface area contributed by atoms with Crippen LogP contribution in [-0.2, 0) is 4.79 Å². The Morgan fingerprint density at radius 2 is 1.83 bits per heavy atom. The van der Waals surface area contributed by atoms with E-state index >= 15 is 0 Å². The third kappa shape index (κ3) is 4.03. The summed E-state index contributed by atoms with van der Waals surface area (Å²) in [6.07, 6.45) is 2.74. The van der Waals surface area contributed by atoms with Crippen LogP contribution in [0, 0.1) is 11.6 Å². The number of carbonyl (C=O) groups is 1. The van der Waals surface area contributed by atoms with Gasteiger partial charge in [-0.25, -0.2) is 8.78 Å². The number of hydrogen-bond donors (Lipinski definition) is 0. The molecule has 3 rings (SSSR count). The van der Waals surface area contributed by atoms with Gasteiger partial charge < -0.3 is 4.90 Å². The van der Waals surface area contributed by atoms with Crippen molar-refractivity contribution >= 4 is 23.2 Å². The van der Waals surface area contributed by atoms with E-state index in [-0.39, 0.29) is 23.3 Å². The predicted octanol–water partition coefficient (Wildman–Crippen LogP) is 4.37. The Morgan fingerprint density at radius 1 is 1.08 bits per heavy atom. The molecule has 1 amide bonds. The van der Waals surface area contributed by atoms with Crippen LogP contribution in [0.15, 0.2) is 59.5 Å². The Balaban J connectivity index is 1.56. The molecule has 0 spiro atoms. The number of thioether (sulfide) groups is 1. The molecule has 2 nitrogen and oxygen atoms in total. The second-order valence-electron chi connectivity index (χ2n) is 5.55. The highest BCUT2D eigenvalue weighted by Crippen LogP contribution is 2.25. The monoisotopic (exact) mass is 345 g/mol. The summed E-state index contributed by atoms with van der Waals surface area (Å²) in [6.45, 7) is 1.16. The molecule has 2 aromatic carbocycles. The summed E-state index contributed by atoms with van der Waals surface area (Å²) in [4.78, 5) is 14.5. The van der Waals surface area contributed by atoms with Gasteiger partial charge >= 0.3 is 0 Å². The first-order chi connectivity index (χ1) is 11.6. The summed E-state index contributed by atoms with van der Waals surface area (Å²) in [5.74, 6) is -0.331. The van der Waals surface area contributed by atoms with E-state index < -0.39 is 0 Å². The lowest BCUT2D eigenvalue weighted by molar-refractivity contribution is -0.127. The highest BCUT2D eigenvalue weighted by Gasteiger charge is 2.18. The molecule has 2 aromatic rings. The first-order valence-corrected chi connectivity index (χ1v) is 8.72. The Morgan fingerprint density at radius 3 is 2.50 bits per heavy atom. The summed E-state index contributed by atoms with van der Waals surface area (Å²) in [5, 5.41) is 0. The van der Waals surface area contributed by atoms with Crippen LogP contribution in [-0.4, -0.2) is 29.6 Å². The quantitative estimate of drug-likeness (QED) is 0.767. The van der Waals surface area contributed by atoms with Crippen molar-refractivity contribution in [3.63, 3.8) is 0 Å². The second kappa shape index (κ2) is 7.62. The third-order valence-electron chi connectivity index (χ3n) is 3.96. The maximum absolute atomic E-state index is 13.6. The maximum atomic E-state index is 13.6. The minimum atomic E-state index is -0.299. The van der Waals surface area contributed by atoms with E-state index in [9.17, 15) is 13.6 Å². The van der Waals surface area contributed by atoms with E-state index in [1.807, 2.05) is 6.08 Å². The molecule has 0 radical (unpaired) electrons. The van der Waals surface area contributed by atoms with E-state index in [0.717, 1.165) is 17.6 Å². The highest BCUT2D eigenvalue weighted by atomic mass is 32.2. The summed E-state index contributed by atoms with van der Waals surface area (Å²) in [5.41, 5.74) is 2.12. The lowest BCUT2D eigenvalue weighted by atomic mass is 9.99. The molecule has 0 aromatic heterocycles. The van der Waals surface area contributed by atoms with Gasteiger partial charge in [0.15, 0.2) is 0 Å². The van der Waals surface area contributed by atoms with Crippen molar-refractivity contribution in [3.05, 3.63) is 71.8 Å². The fraction of sp³-hybridized carbons (Fsp3) is 0.211. The summed E-state index contributed by atoms with van der Waals surface area (Å²) >= 11 is 1.22. The minimum absolute atomic E-state index is 0.00217. The van der Waals surface area contributed by atoms with Crippen molar-refractivity contribution in [1.29, 1.82) is 0 Å². The molecule has 0 saturated carbocycles. The van der Waals surface area contributed by atoms with Crippen molar-refractivity contribution in [1.82, 2.24) is 4.90 Å². The number of nitrogens with zero attached hydrogens (tertiary/aromatic N) is 1. The molecule has 1 aliphatic heterocycles. The van der Waals surface area contributed by atoms with Crippen molar-refractivity contribution in [2.45, 2.75) is 11.3 Å². The molecule has 124 valence electrons. The van der Waals surface area contributed by atoms with Crippen molar-refractivity contribution < 1.29 is 13.6 Å².